The van der Waals surface area contributed by atoms with E-state index in [2.05, 4.69) is 11.8 Å². The second-order valence-corrected chi connectivity index (χ2v) is 2.67. The summed E-state index contributed by atoms with van der Waals surface area (Å²) in [6, 6.07) is 7.06. The van der Waals surface area contributed by atoms with Gasteiger partial charge in [0.1, 0.15) is 0 Å². The van der Waals surface area contributed by atoms with E-state index in [0.29, 0.717) is 12.2 Å². The maximum atomic E-state index is 11.3. The molecule has 14 heavy (non-hydrogen) atoms. The van der Waals surface area contributed by atoms with Crippen LogP contribution in [-0.2, 0) is 4.74 Å². The standard InChI is InChI=1S/C12H12O2/c1-3-5-10-6-8-11(9-7-10)12(13)14-4-2/h6-9H,4H2,1-2H3. The van der Waals surface area contributed by atoms with Gasteiger partial charge in [0, 0.05) is 5.56 Å². The minimum Gasteiger partial charge on any atom is -0.462 e. The van der Waals surface area contributed by atoms with Gasteiger partial charge in [-0.2, -0.15) is 0 Å². The van der Waals surface area contributed by atoms with Crippen molar-refractivity contribution in [3.8, 4) is 11.8 Å². The molecule has 72 valence electrons. The number of rotatable bonds is 2. The molecule has 0 saturated heterocycles. The third-order valence-corrected chi connectivity index (χ3v) is 1.67. The Balaban J connectivity index is 2.81. The highest BCUT2D eigenvalue weighted by Crippen LogP contribution is 2.04. The zero-order valence-electron chi connectivity index (χ0n) is 8.33. The van der Waals surface area contributed by atoms with Crippen LogP contribution < -0.4 is 0 Å². The molecule has 0 aliphatic heterocycles. The van der Waals surface area contributed by atoms with Gasteiger partial charge < -0.3 is 4.74 Å². The first-order valence-electron chi connectivity index (χ1n) is 4.48. The Morgan fingerprint density at radius 2 is 2.00 bits per heavy atom. The first-order chi connectivity index (χ1) is 6.77. The van der Waals surface area contributed by atoms with Gasteiger partial charge in [0.25, 0.3) is 0 Å². The molecule has 0 unspecified atom stereocenters. The van der Waals surface area contributed by atoms with Crippen molar-refractivity contribution < 1.29 is 9.53 Å². The predicted octanol–water partition coefficient (Wildman–Crippen LogP) is 2.23. The van der Waals surface area contributed by atoms with Crippen LogP contribution in [-0.4, -0.2) is 12.6 Å². The smallest absolute Gasteiger partial charge is 0.338 e. The minimum atomic E-state index is -0.288. The van der Waals surface area contributed by atoms with Crippen molar-refractivity contribution in [3.05, 3.63) is 35.4 Å². The van der Waals surface area contributed by atoms with Crippen molar-refractivity contribution in [2.24, 2.45) is 0 Å². The molecule has 0 aliphatic carbocycles. The lowest BCUT2D eigenvalue weighted by Gasteiger charge is -2.00. The van der Waals surface area contributed by atoms with Gasteiger partial charge in [-0.25, -0.2) is 4.79 Å². The monoisotopic (exact) mass is 188 g/mol. The van der Waals surface area contributed by atoms with Gasteiger partial charge in [0.05, 0.1) is 12.2 Å². The molecule has 0 radical (unpaired) electrons. The molecule has 1 aromatic rings. The van der Waals surface area contributed by atoms with Gasteiger partial charge >= 0.3 is 5.97 Å². The molecule has 0 bridgehead atoms. The molecule has 1 rings (SSSR count). The lowest BCUT2D eigenvalue weighted by molar-refractivity contribution is 0.0526. The Morgan fingerprint density at radius 3 is 2.50 bits per heavy atom. The van der Waals surface area contributed by atoms with Crippen LogP contribution >= 0.6 is 0 Å². The fraction of sp³-hybridized carbons (Fsp3) is 0.250. The zero-order chi connectivity index (χ0) is 10.4. The SMILES string of the molecule is CC#Cc1ccc(C(=O)OCC)cc1. The van der Waals surface area contributed by atoms with Crippen LogP contribution in [0.15, 0.2) is 24.3 Å². The van der Waals surface area contributed by atoms with Crippen molar-refractivity contribution in [1.82, 2.24) is 0 Å². The van der Waals surface area contributed by atoms with Crippen molar-refractivity contribution in [2.75, 3.05) is 6.61 Å². The minimum absolute atomic E-state index is 0.288. The van der Waals surface area contributed by atoms with E-state index in [4.69, 9.17) is 4.74 Å². The fourth-order valence-electron chi connectivity index (χ4n) is 1.05. The van der Waals surface area contributed by atoms with E-state index in [0.717, 1.165) is 5.56 Å². The number of ether oxygens (including phenoxy) is 1. The van der Waals surface area contributed by atoms with Gasteiger partial charge in [-0.3, -0.25) is 0 Å². The zero-order valence-corrected chi connectivity index (χ0v) is 8.33. The maximum absolute atomic E-state index is 11.3. The first-order valence-corrected chi connectivity index (χ1v) is 4.48. The van der Waals surface area contributed by atoms with Crippen LogP contribution in [0.25, 0.3) is 0 Å². The third kappa shape index (κ3) is 2.63. The molecule has 2 nitrogen and oxygen atoms in total. The van der Waals surface area contributed by atoms with E-state index in [1.54, 1.807) is 26.0 Å². The molecular formula is C12H12O2. The molecule has 0 N–H and O–H groups in total. The Hall–Kier alpha value is -1.75. The van der Waals surface area contributed by atoms with Crippen LogP contribution in [0, 0.1) is 11.8 Å². The average molecular weight is 188 g/mol. The van der Waals surface area contributed by atoms with Gasteiger partial charge in [-0.05, 0) is 38.1 Å². The molecule has 0 heterocycles. The largest absolute Gasteiger partial charge is 0.462 e. The van der Waals surface area contributed by atoms with E-state index in [1.165, 1.54) is 0 Å². The number of carbonyl (C=O) groups is 1. The first kappa shape index (κ1) is 10.3. The van der Waals surface area contributed by atoms with Gasteiger partial charge in [-0.1, -0.05) is 5.92 Å². The highest BCUT2D eigenvalue weighted by Gasteiger charge is 2.04. The molecular weight excluding hydrogens is 176 g/mol. The van der Waals surface area contributed by atoms with E-state index in [1.807, 2.05) is 12.1 Å². The van der Waals surface area contributed by atoms with Gasteiger partial charge in [0.15, 0.2) is 0 Å². The topological polar surface area (TPSA) is 26.3 Å². The summed E-state index contributed by atoms with van der Waals surface area (Å²) in [6.07, 6.45) is 0. The number of hydrogen-bond donors (Lipinski definition) is 0. The molecule has 0 fully saturated rings. The number of hydrogen-bond acceptors (Lipinski definition) is 2. The summed E-state index contributed by atoms with van der Waals surface area (Å²) in [5.41, 5.74) is 1.47. The Kier molecular flexibility index (Phi) is 3.75. The quantitative estimate of drug-likeness (QED) is 0.525. The maximum Gasteiger partial charge on any atom is 0.338 e. The molecule has 2 heteroatoms. The van der Waals surface area contributed by atoms with E-state index in [-0.39, 0.29) is 5.97 Å². The highest BCUT2D eigenvalue weighted by atomic mass is 16.5. The van der Waals surface area contributed by atoms with Crippen LogP contribution in [0.3, 0.4) is 0 Å². The van der Waals surface area contributed by atoms with Crippen LogP contribution in [0.4, 0.5) is 0 Å². The van der Waals surface area contributed by atoms with E-state index < -0.39 is 0 Å². The van der Waals surface area contributed by atoms with Crippen molar-refractivity contribution in [3.63, 3.8) is 0 Å². The Bertz CT molecular complexity index is 366. The third-order valence-electron chi connectivity index (χ3n) is 1.67. The van der Waals surface area contributed by atoms with Gasteiger partial charge in [-0.15, -0.1) is 5.92 Å². The summed E-state index contributed by atoms with van der Waals surface area (Å²) in [5, 5.41) is 0. The van der Waals surface area contributed by atoms with Crippen LogP contribution in [0.2, 0.25) is 0 Å². The summed E-state index contributed by atoms with van der Waals surface area (Å²) >= 11 is 0. The van der Waals surface area contributed by atoms with Crippen LogP contribution in [0.1, 0.15) is 29.8 Å². The van der Waals surface area contributed by atoms with Crippen molar-refractivity contribution in [1.29, 1.82) is 0 Å². The van der Waals surface area contributed by atoms with E-state index in [9.17, 15) is 4.79 Å². The lowest BCUT2D eigenvalue weighted by Crippen LogP contribution is -2.03. The molecule has 0 atom stereocenters. The van der Waals surface area contributed by atoms with Crippen molar-refractivity contribution >= 4 is 5.97 Å². The van der Waals surface area contributed by atoms with Crippen LogP contribution in [0.5, 0.6) is 0 Å². The highest BCUT2D eigenvalue weighted by molar-refractivity contribution is 5.89. The molecule has 0 amide bonds. The lowest BCUT2D eigenvalue weighted by atomic mass is 10.1. The number of esters is 1. The average Bonchev–Trinajstić information content (AvgIpc) is 2.20. The Morgan fingerprint density at radius 1 is 1.36 bits per heavy atom. The van der Waals surface area contributed by atoms with E-state index >= 15 is 0 Å². The normalized spacial score (nSPS) is 8.71. The molecule has 0 spiro atoms. The Labute approximate surface area is 83.9 Å². The number of carbonyl (C=O) groups excluding carboxylic acids is 1. The summed E-state index contributed by atoms with van der Waals surface area (Å²) in [4.78, 5) is 11.3. The summed E-state index contributed by atoms with van der Waals surface area (Å²) in [7, 11) is 0. The second kappa shape index (κ2) is 5.08. The predicted molar refractivity (Wildman–Crippen MR) is 55.0 cm³/mol. The number of benzene rings is 1. The fourth-order valence-corrected chi connectivity index (χ4v) is 1.05. The van der Waals surface area contributed by atoms with Crippen molar-refractivity contribution in [2.45, 2.75) is 13.8 Å². The summed E-state index contributed by atoms with van der Waals surface area (Å²) < 4.78 is 4.85. The summed E-state index contributed by atoms with van der Waals surface area (Å²) in [5.74, 6) is 5.41. The molecule has 0 aliphatic rings. The molecule has 1 aromatic carbocycles. The molecule has 0 saturated carbocycles. The van der Waals surface area contributed by atoms with Gasteiger partial charge in [0.2, 0.25) is 0 Å². The second-order valence-electron chi connectivity index (χ2n) is 2.67. The molecule has 0 aromatic heterocycles. The summed E-state index contributed by atoms with van der Waals surface area (Å²) in [6.45, 7) is 3.96.